The molecule has 0 bridgehead atoms. The molecule has 17 heavy (non-hydrogen) atoms. The quantitative estimate of drug-likeness (QED) is 0.849. The van der Waals surface area contributed by atoms with Crippen LogP contribution in [0.15, 0.2) is 35.1 Å². The molecular formula is C12H10BrN3O. The van der Waals surface area contributed by atoms with E-state index >= 15 is 0 Å². The van der Waals surface area contributed by atoms with Crippen LogP contribution in [0.25, 0.3) is 0 Å². The maximum Gasteiger partial charge on any atom is 0.225 e. The van der Waals surface area contributed by atoms with Gasteiger partial charge in [0.2, 0.25) is 5.91 Å². The van der Waals surface area contributed by atoms with Crippen molar-refractivity contribution < 1.29 is 4.79 Å². The third kappa shape index (κ3) is 1.76. The largest absolute Gasteiger partial charge is 0.325 e. The number of para-hydroxylation sites is 1. The van der Waals surface area contributed by atoms with E-state index in [1.807, 2.05) is 24.4 Å². The summed E-state index contributed by atoms with van der Waals surface area (Å²) >= 11 is 3.46. The molecular weight excluding hydrogens is 282 g/mol. The highest BCUT2D eigenvalue weighted by molar-refractivity contribution is 9.10. The van der Waals surface area contributed by atoms with Gasteiger partial charge in [0.05, 0.1) is 11.9 Å². The lowest BCUT2D eigenvalue weighted by Gasteiger charge is -2.25. The number of benzene rings is 1. The first-order valence-corrected chi connectivity index (χ1v) is 6.12. The Morgan fingerprint density at radius 1 is 1.41 bits per heavy atom. The number of anilines is 1. The fraction of sp³-hybridized carbons (Fsp3) is 0.167. The van der Waals surface area contributed by atoms with E-state index in [1.165, 1.54) is 0 Å². The standard InChI is InChI=1S/C12H10BrN3O/c13-10-3-1-2-8-9(7-5-14-15-6-7)4-11(17)16-12(8)10/h1-3,5-6,9H,4H2,(H,14,15)(H,16,17). The van der Waals surface area contributed by atoms with Crippen molar-refractivity contribution >= 4 is 27.5 Å². The number of amides is 1. The van der Waals surface area contributed by atoms with Gasteiger partial charge in [0.25, 0.3) is 0 Å². The van der Waals surface area contributed by atoms with E-state index in [1.54, 1.807) is 6.20 Å². The first-order valence-electron chi connectivity index (χ1n) is 5.32. The summed E-state index contributed by atoms with van der Waals surface area (Å²) < 4.78 is 0.913. The van der Waals surface area contributed by atoms with Crippen LogP contribution in [0.1, 0.15) is 23.5 Å². The number of rotatable bonds is 1. The molecule has 86 valence electrons. The van der Waals surface area contributed by atoms with Crippen molar-refractivity contribution in [3.8, 4) is 0 Å². The van der Waals surface area contributed by atoms with Crippen LogP contribution in [0.3, 0.4) is 0 Å². The molecule has 0 saturated carbocycles. The number of nitrogens with zero attached hydrogens (tertiary/aromatic N) is 1. The Morgan fingerprint density at radius 3 is 3.06 bits per heavy atom. The Hall–Kier alpha value is -1.62. The van der Waals surface area contributed by atoms with Crippen LogP contribution in [0.4, 0.5) is 5.69 Å². The molecule has 1 aromatic carbocycles. The van der Waals surface area contributed by atoms with Crippen molar-refractivity contribution in [2.75, 3.05) is 5.32 Å². The summed E-state index contributed by atoms with van der Waals surface area (Å²) in [6.07, 6.45) is 4.07. The fourth-order valence-corrected chi connectivity index (χ4v) is 2.68. The lowest BCUT2D eigenvalue weighted by molar-refractivity contribution is -0.116. The third-order valence-electron chi connectivity index (χ3n) is 3.00. The second kappa shape index (κ2) is 4.00. The van der Waals surface area contributed by atoms with Gasteiger partial charge in [0.1, 0.15) is 0 Å². The van der Waals surface area contributed by atoms with E-state index in [0.29, 0.717) is 6.42 Å². The SMILES string of the molecule is O=C1CC(c2cn[nH]c2)c2cccc(Br)c2N1. The fourth-order valence-electron chi connectivity index (χ4n) is 2.20. The van der Waals surface area contributed by atoms with Crippen molar-refractivity contribution in [2.24, 2.45) is 0 Å². The monoisotopic (exact) mass is 291 g/mol. The molecule has 2 aromatic rings. The topological polar surface area (TPSA) is 57.8 Å². The number of aromatic nitrogens is 2. The molecule has 0 radical (unpaired) electrons. The Kier molecular flexibility index (Phi) is 2.48. The molecule has 0 spiro atoms. The Balaban J connectivity index is 2.15. The summed E-state index contributed by atoms with van der Waals surface area (Å²) in [6.45, 7) is 0. The van der Waals surface area contributed by atoms with Gasteiger partial charge in [-0.1, -0.05) is 12.1 Å². The molecule has 2 N–H and O–H groups in total. The van der Waals surface area contributed by atoms with Crippen LogP contribution in [-0.4, -0.2) is 16.1 Å². The number of hydrogen-bond acceptors (Lipinski definition) is 2. The highest BCUT2D eigenvalue weighted by atomic mass is 79.9. The number of aromatic amines is 1. The maximum atomic E-state index is 11.7. The zero-order valence-electron chi connectivity index (χ0n) is 8.90. The molecule has 0 aliphatic carbocycles. The van der Waals surface area contributed by atoms with Crippen molar-refractivity contribution in [1.82, 2.24) is 10.2 Å². The first-order chi connectivity index (χ1) is 8.25. The summed E-state index contributed by atoms with van der Waals surface area (Å²) in [7, 11) is 0. The predicted octanol–water partition coefficient (Wildman–Crippen LogP) is 2.65. The maximum absolute atomic E-state index is 11.7. The first kappa shape index (κ1) is 10.5. The van der Waals surface area contributed by atoms with Crippen molar-refractivity contribution in [3.05, 3.63) is 46.2 Å². The molecule has 0 saturated heterocycles. The van der Waals surface area contributed by atoms with Gasteiger partial charge in [-0.3, -0.25) is 9.89 Å². The van der Waals surface area contributed by atoms with Crippen LogP contribution in [0, 0.1) is 0 Å². The molecule has 3 rings (SSSR count). The number of fused-ring (bicyclic) bond motifs is 1. The summed E-state index contributed by atoms with van der Waals surface area (Å²) in [5.41, 5.74) is 3.04. The van der Waals surface area contributed by atoms with E-state index in [0.717, 1.165) is 21.3 Å². The molecule has 4 nitrogen and oxygen atoms in total. The van der Waals surface area contributed by atoms with E-state index < -0.39 is 0 Å². The number of carbonyl (C=O) groups excluding carboxylic acids is 1. The molecule has 1 aliphatic rings. The minimum Gasteiger partial charge on any atom is -0.325 e. The summed E-state index contributed by atoms with van der Waals surface area (Å²) in [5, 5.41) is 9.65. The van der Waals surface area contributed by atoms with Gasteiger partial charge in [-0.25, -0.2) is 0 Å². The lowest BCUT2D eigenvalue weighted by Crippen LogP contribution is -2.23. The van der Waals surface area contributed by atoms with Crippen LogP contribution >= 0.6 is 15.9 Å². The van der Waals surface area contributed by atoms with Gasteiger partial charge < -0.3 is 5.32 Å². The predicted molar refractivity (Wildman–Crippen MR) is 67.8 cm³/mol. The minimum absolute atomic E-state index is 0.0376. The van der Waals surface area contributed by atoms with Gasteiger partial charge in [0.15, 0.2) is 0 Å². The molecule has 2 heterocycles. The van der Waals surface area contributed by atoms with Crippen molar-refractivity contribution in [2.45, 2.75) is 12.3 Å². The highest BCUT2D eigenvalue weighted by Crippen LogP contribution is 2.40. The van der Waals surface area contributed by atoms with Crippen molar-refractivity contribution in [1.29, 1.82) is 0 Å². The number of halogens is 1. The van der Waals surface area contributed by atoms with Crippen LogP contribution in [0.2, 0.25) is 0 Å². The van der Waals surface area contributed by atoms with Crippen LogP contribution in [0.5, 0.6) is 0 Å². The minimum atomic E-state index is 0.0376. The zero-order valence-corrected chi connectivity index (χ0v) is 10.5. The van der Waals surface area contributed by atoms with Gasteiger partial charge in [0, 0.05) is 23.0 Å². The average molecular weight is 292 g/mol. The van der Waals surface area contributed by atoms with Crippen LogP contribution in [-0.2, 0) is 4.79 Å². The number of carbonyl (C=O) groups is 1. The molecule has 1 unspecified atom stereocenters. The lowest BCUT2D eigenvalue weighted by atomic mass is 9.86. The second-order valence-electron chi connectivity index (χ2n) is 4.04. The summed E-state index contributed by atoms with van der Waals surface area (Å²) in [5.74, 6) is 0.116. The Bertz CT molecular complexity index is 565. The highest BCUT2D eigenvalue weighted by Gasteiger charge is 2.27. The molecule has 0 fully saturated rings. The summed E-state index contributed by atoms with van der Waals surface area (Å²) in [4.78, 5) is 11.7. The number of H-pyrrole nitrogens is 1. The Morgan fingerprint density at radius 2 is 2.29 bits per heavy atom. The average Bonchev–Trinajstić information content (AvgIpc) is 2.83. The number of nitrogens with one attached hydrogen (secondary N) is 2. The van der Waals surface area contributed by atoms with E-state index in [-0.39, 0.29) is 11.8 Å². The molecule has 5 heteroatoms. The van der Waals surface area contributed by atoms with Gasteiger partial charge >= 0.3 is 0 Å². The second-order valence-corrected chi connectivity index (χ2v) is 4.89. The molecule has 1 aliphatic heterocycles. The van der Waals surface area contributed by atoms with E-state index in [2.05, 4.69) is 31.4 Å². The third-order valence-corrected chi connectivity index (χ3v) is 3.66. The van der Waals surface area contributed by atoms with E-state index in [4.69, 9.17) is 0 Å². The Labute approximate surface area is 107 Å². The zero-order chi connectivity index (χ0) is 11.8. The van der Waals surface area contributed by atoms with Crippen molar-refractivity contribution in [3.63, 3.8) is 0 Å². The summed E-state index contributed by atoms with van der Waals surface area (Å²) in [6, 6.07) is 5.95. The normalized spacial score (nSPS) is 18.6. The smallest absolute Gasteiger partial charge is 0.225 e. The molecule has 1 aromatic heterocycles. The van der Waals surface area contributed by atoms with Crippen LogP contribution < -0.4 is 5.32 Å². The van der Waals surface area contributed by atoms with Gasteiger partial charge in [-0.2, -0.15) is 5.10 Å². The molecule has 1 atom stereocenters. The van der Waals surface area contributed by atoms with Gasteiger partial charge in [-0.15, -0.1) is 0 Å². The van der Waals surface area contributed by atoms with Gasteiger partial charge in [-0.05, 0) is 33.1 Å². The molecule has 1 amide bonds. The van der Waals surface area contributed by atoms with E-state index in [9.17, 15) is 4.79 Å². The number of hydrogen-bond donors (Lipinski definition) is 2.